The highest BCUT2D eigenvalue weighted by atomic mass is 16.6. The molecular weight excluding hydrogens is 388 g/mol. The third kappa shape index (κ3) is 19.7. The fraction of sp³-hybridized carbons (Fsp3) is 1.00. The monoisotopic (exact) mass is 443 g/mol. The lowest BCUT2D eigenvalue weighted by atomic mass is 10.0. The Morgan fingerprint density at radius 3 is 1.29 bits per heavy atom. The second-order valence-electron chi connectivity index (χ2n) is 9.53. The van der Waals surface area contributed by atoms with Crippen molar-refractivity contribution in [2.75, 3.05) is 39.4 Å². The van der Waals surface area contributed by atoms with Crippen molar-refractivity contribution in [3.8, 4) is 0 Å². The highest BCUT2D eigenvalue weighted by molar-refractivity contribution is 4.53. The first kappa shape index (κ1) is 30.3. The van der Waals surface area contributed by atoms with Gasteiger partial charge in [0, 0.05) is 0 Å². The van der Waals surface area contributed by atoms with Crippen molar-refractivity contribution in [1.82, 2.24) is 0 Å². The van der Waals surface area contributed by atoms with E-state index < -0.39 is 0 Å². The predicted octanol–water partition coefficient (Wildman–Crippen LogP) is 8.04. The van der Waals surface area contributed by atoms with Crippen LogP contribution in [0.3, 0.4) is 0 Å². The average Bonchev–Trinajstić information content (AvgIpc) is 2.79. The highest BCUT2D eigenvalue weighted by Gasteiger charge is 2.27. The molecule has 0 bridgehead atoms. The average molecular weight is 444 g/mol. The molecule has 0 saturated carbocycles. The molecular formula is C26H55N2O3+. The number of likely N-dealkylation sites (N-methyl/N-ethyl adjacent to an activating group) is 1. The number of nitrogens with zero attached hydrogens (tertiary/aromatic N) is 2. The Morgan fingerprint density at radius 2 is 0.968 bits per heavy atom. The lowest BCUT2D eigenvalue weighted by Gasteiger charge is -2.40. The van der Waals surface area contributed by atoms with Gasteiger partial charge < -0.3 is 14.4 Å². The summed E-state index contributed by atoms with van der Waals surface area (Å²) in [6, 6.07) is 0. The minimum Gasteiger partial charge on any atom is -0.379 e. The number of morpholine rings is 1. The van der Waals surface area contributed by atoms with Crippen LogP contribution in [0.25, 0.3) is 0 Å². The van der Waals surface area contributed by atoms with E-state index in [4.69, 9.17) is 14.9 Å². The van der Waals surface area contributed by atoms with Crippen molar-refractivity contribution < 1.29 is 14.4 Å². The summed E-state index contributed by atoms with van der Waals surface area (Å²) in [6.45, 7) is 11.8. The molecule has 0 amide bonds. The molecule has 0 unspecified atom stereocenters. The number of rotatable bonds is 20. The number of hydrogen-bond acceptors (Lipinski definition) is 3. The van der Waals surface area contributed by atoms with E-state index in [-0.39, 0.29) is 0 Å². The molecule has 1 heterocycles. The van der Waals surface area contributed by atoms with Gasteiger partial charge in [0.1, 0.15) is 13.1 Å². The second kappa shape index (κ2) is 24.0. The Bertz CT molecular complexity index is 361. The van der Waals surface area contributed by atoms with E-state index in [1.54, 1.807) is 0 Å². The third-order valence-electron chi connectivity index (χ3n) is 7.08. The number of ether oxygens (including phenoxy) is 1. The van der Waals surface area contributed by atoms with Crippen LogP contribution in [0.15, 0.2) is 5.34 Å². The molecule has 0 aliphatic carbocycles. The fourth-order valence-corrected chi connectivity index (χ4v) is 4.78. The molecule has 1 aliphatic heterocycles. The Hall–Kier alpha value is -0.680. The molecule has 0 spiro atoms. The normalized spacial score (nSPS) is 15.3. The van der Waals surface area contributed by atoms with Crippen molar-refractivity contribution in [3.63, 3.8) is 0 Å². The quantitative estimate of drug-likeness (QED) is 0.0896. The third-order valence-corrected chi connectivity index (χ3v) is 7.08. The minimum atomic E-state index is 0.979. The van der Waals surface area contributed by atoms with E-state index in [0.29, 0.717) is 0 Å². The number of hydrogen-bond donors (Lipinski definition) is 1. The van der Waals surface area contributed by atoms with E-state index in [0.717, 1.165) is 13.2 Å². The lowest BCUT2D eigenvalue weighted by Crippen LogP contribution is -2.55. The molecule has 0 radical (unpaired) electrons. The van der Waals surface area contributed by atoms with Crippen LogP contribution in [0.1, 0.15) is 129 Å². The topological polar surface area (TPSA) is 58.9 Å². The molecule has 1 aliphatic rings. The van der Waals surface area contributed by atoms with Crippen LogP contribution in [0, 0.1) is 4.91 Å². The van der Waals surface area contributed by atoms with Crippen molar-refractivity contribution in [1.29, 1.82) is 0 Å². The molecule has 0 aromatic heterocycles. The summed E-state index contributed by atoms with van der Waals surface area (Å²) in [5.74, 6) is 0. The summed E-state index contributed by atoms with van der Waals surface area (Å²) in [6.07, 6.45) is 26.3. The Labute approximate surface area is 193 Å². The Morgan fingerprint density at radius 1 is 0.645 bits per heavy atom. The van der Waals surface area contributed by atoms with E-state index in [1.807, 2.05) is 0 Å². The zero-order valence-electron chi connectivity index (χ0n) is 21.1. The van der Waals surface area contributed by atoms with Gasteiger partial charge in [-0.05, 0) is 19.8 Å². The van der Waals surface area contributed by atoms with Gasteiger partial charge in [-0.25, -0.2) is 0 Å². The van der Waals surface area contributed by atoms with Gasteiger partial charge in [-0.1, -0.05) is 110 Å². The van der Waals surface area contributed by atoms with E-state index in [2.05, 4.69) is 13.8 Å². The van der Waals surface area contributed by atoms with Crippen LogP contribution in [0.2, 0.25) is 0 Å². The van der Waals surface area contributed by atoms with Crippen LogP contribution < -0.4 is 0 Å². The summed E-state index contributed by atoms with van der Waals surface area (Å²) in [4.78, 5) is 8.11. The molecule has 186 valence electrons. The molecule has 5 heteroatoms. The van der Waals surface area contributed by atoms with Gasteiger partial charge in [0.05, 0.1) is 26.3 Å². The van der Waals surface area contributed by atoms with Gasteiger partial charge in [-0.2, -0.15) is 0 Å². The molecule has 0 aromatic rings. The largest absolute Gasteiger partial charge is 0.379 e. The Kier molecular flexibility index (Phi) is 23.4. The first-order chi connectivity index (χ1) is 15.2. The maximum absolute atomic E-state index is 8.11. The van der Waals surface area contributed by atoms with Crippen LogP contribution in [-0.4, -0.2) is 49.1 Å². The molecule has 5 nitrogen and oxygen atoms in total. The van der Waals surface area contributed by atoms with Gasteiger partial charge in [-0.15, -0.1) is 4.91 Å². The zero-order valence-corrected chi connectivity index (χ0v) is 21.1. The summed E-state index contributed by atoms with van der Waals surface area (Å²) in [5, 5.41) is 7.89. The smallest absolute Gasteiger partial charge is 0.152 e. The number of quaternary nitrogens is 1. The van der Waals surface area contributed by atoms with Crippen LogP contribution in [0.5, 0.6) is 0 Å². The van der Waals surface area contributed by atoms with Crippen molar-refractivity contribution in [2.45, 2.75) is 129 Å². The van der Waals surface area contributed by atoms with Gasteiger partial charge in [-0.3, -0.25) is 0 Å². The Balaban J connectivity index is 0.00000282. The first-order valence-electron chi connectivity index (χ1n) is 13.6. The SMILES string of the molecule is CCCCCCCCCCCCCCCCCCCC[N+]1(CC)CCOCC1.O=NO. The first-order valence-corrected chi connectivity index (χ1v) is 13.6. The lowest BCUT2D eigenvalue weighted by molar-refractivity contribution is -0.933. The minimum absolute atomic E-state index is 0.979. The van der Waals surface area contributed by atoms with E-state index in [1.165, 1.54) is 152 Å². The number of unbranched alkanes of at least 4 members (excludes halogenated alkanes) is 17. The van der Waals surface area contributed by atoms with Crippen LogP contribution in [0.4, 0.5) is 0 Å². The highest BCUT2D eigenvalue weighted by Crippen LogP contribution is 2.16. The van der Waals surface area contributed by atoms with Crippen molar-refractivity contribution >= 4 is 0 Å². The van der Waals surface area contributed by atoms with Gasteiger partial charge in [0.2, 0.25) is 0 Å². The molecule has 1 saturated heterocycles. The summed E-state index contributed by atoms with van der Waals surface area (Å²) >= 11 is 0. The molecule has 1 fully saturated rings. The van der Waals surface area contributed by atoms with Crippen molar-refractivity contribution in [2.24, 2.45) is 5.34 Å². The fourth-order valence-electron chi connectivity index (χ4n) is 4.78. The van der Waals surface area contributed by atoms with E-state index in [9.17, 15) is 0 Å². The van der Waals surface area contributed by atoms with Gasteiger partial charge in [0.15, 0.2) is 5.34 Å². The van der Waals surface area contributed by atoms with Crippen LogP contribution >= 0.6 is 0 Å². The predicted molar refractivity (Wildman–Crippen MR) is 133 cm³/mol. The molecule has 1 rings (SSSR count). The second-order valence-corrected chi connectivity index (χ2v) is 9.53. The van der Waals surface area contributed by atoms with Gasteiger partial charge in [0.25, 0.3) is 0 Å². The molecule has 0 atom stereocenters. The van der Waals surface area contributed by atoms with Crippen LogP contribution in [-0.2, 0) is 4.74 Å². The summed E-state index contributed by atoms with van der Waals surface area (Å²) < 4.78 is 6.87. The standard InChI is InChI=1S/C26H54NO.HNO2/c1-3-5-6-7-8-9-10-11-12-13-14-15-16-17-18-19-20-21-22-27(4-2)23-25-28-26-24-27;2-1-3/h3-26H2,1-2H3;(H,2,3)/q+1;. The maximum atomic E-state index is 8.11. The molecule has 1 N–H and O–H groups in total. The maximum Gasteiger partial charge on any atom is 0.152 e. The zero-order chi connectivity index (χ0) is 22.9. The van der Waals surface area contributed by atoms with Gasteiger partial charge >= 0.3 is 0 Å². The molecule has 31 heavy (non-hydrogen) atoms. The summed E-state index contributed by atoms with van der Waals surface area (Å²) in [7, 11) is 0. The molecule has 0 aromatic carbocycles. The van der Waals surface area contributed by atoms with E-state index >= 15 is 0 Å². The van der Waals surface area contributed by atoms with Crippen molar-refractivity contribution in [3.05, 3.63) is 4.91 Å². The summed E-state index contributed by atoms with van der Waals surface area (Å²) in [5.41, 5.74) is 0.